The van der Waals surface area contributed by atoms with E-state index in [2.05, 4.69) is 31.3 Å². The summed E-state index contributed by atoms with van der Waals surface area (Å²) in [5.41, 5.74) is 5.62. The highest BCUT2D eigenvalue weighted by Crippen LogP contribution is 2.45. The Kier molecular flexibility index (Phi) is 11.5. The van der Waals surface area contributed by atoms with Crippen LogP contribution in [0.3, 0.4) is 0 Å². The van der Waals surface area contributed by atoms with Gasteiger partial charge in [-0.3, -0.25) is 14.4 Å². The Balaban J connectivity index is 1.61. The lowest BCUT2D eigenvalue weighted by Gasteiger charge is -2.26. The number of nitrogens with zero attached hydrogens (tertiary/aromatic N) is 2. The molecule has 1 fully saturated rings. The maximum atomic E-state index is 16.5. The second-order valence-electron chi connectivity index (χ2n) is 14.2. The Bertz CT molecular complexity index is 1710. The van der Waals surface area contributed by atoms with E-state index in [9.17, 15) is 19.5 Å². The van der Waals surface area contributed by atoms with Gasteiger partial charge in [0.25, 0.3) is 5.56 Å². The molecule has 2 heterocycles. The van der Waals surface area contributed by atoms with Crippen molar-refractivity contribution in [2.24, 2.45) is 0 Å². The Labute approximate surface area is 282 Å². The molecule has 1 aromatic heterocycles. The summed E-state index contributed by atoms with van der Waals surface area (Å²) in [5, 5.41) is 12.8. The van der Waals surface area contributed by atoms with E-state index in [4.69, 9.17) is 0 Å². The number of hydrogen-bond acceptors (Lipinski definition) is 4. The van der Waals surface area contributed by atoms with Gasteiger partial charge in [-0.25, -0.2) is 8.78 Å². The Morgan fingerprint density at radius 1 is 0.958 bits per heavy atom. The molecule has 1 aliphatic carbocycles. The molecule has 7 nitrogen and oxygen atoms in total. The number of pyridine rings is 1. The van der Waals surface area contributed by atoms with Gasteiger partial charge in [-0.1, -0.05) is 43.4 Å². The quantitative estimate of drug-likeness (QED) is 0.260. The number of benzene rings is 2. The third-order valence-corrected chi connectivity index (χ3v) is 9.76. The molecule has 0 unspecified atom stereocenters. The molecule has 5 rings (SSSR count). The van der Waals surface area contributed by atoms with Crippen molar-refractivity contribution in [2.45, 2.75) is 109 Å². The minimum Gasteiger partial charge on any atom is -0.481 e. The molecule has 2 N–H and O–H groups in total. The number of halogens is 2. The van der Waals surface area contributed by atoms with Crippen LogP contribution in [0.1, 0.15) is 116 Å². The number of fused-ring (bicyclic) bond motifs is 4. The summed E-state index contributed by atoms with van der Waals surface area (Å²) >= 11 is 0. The van der Waals surface area contributed by atoms with E-state index in [0.29, 0.717) is 24.0 Å². The first-order valence-corrected chi connectivity index (χ1v) is 17.4. The SMILES string of the molecule is Cc1cc(C)c2c(c1)CCCCCCC[C@H](n1cc(CCCN(C)C)cc(F)c1=O)C(=O)N[C@@H](CC(=O)O)c1cc-2cc(C2CC2)c1F. The Hall–Kier alpha value is -3.85. The largest absolute Gasteiger partial charge is 0.481 e. The molecule has 258 valence electrons. The number of carbonyl (C=O) groups excluding carboxylic acids is 1. The van der Waals surface area contributed by atoms with Crippen LogP contribution >= 0.6 is 0 Å². The van der Waals surface area contributed by atoms with Gasteiger partial charge in [0.15, 0.2) is 5.82 Å². The van der Waals surface area contributed by atoms with Crippen molar-refractivity contribution < 1.29 is 23.5 Å². The average molecular weight is 662 g/mol. The van der Waals surface area contributed by atoms with Gasteiger partial charge in [-0.15, -0.1) is 0 Å². The number of nitrogens with one attached hydrogen (secondary N) is 1. The van der Waals surface area contributed by atoms with Crippen LogP contribution in [-0.4, -0.2) is 47.1 Å². The highest BCUT2D eigenvalue weighted by Gasteiger charge is 2.33. The highest BCUT2D eigenvalue weighted by molar-refractivity contribution is 5.82. The lowest BCUT2D eigenvalue weighted by Crippen LogP contribution is -2.40. The van der Waals surface area contributed by atoms with Gasteiger partial charge in [0.2, 0.25) is 5.91 Å². The van der Waals surface area contributed by atoms with Crippen molar-refractivity contribution >= 4 is 11.9 Å². The van der Waals surface area contributed by atoms with Gasteiger partial charge in [-0.05, 0) is 137 Å². The fraction of sp³-hybridized carbons (Fsp3) is 0.513. The van der Waals surface area contributed by atoms with Gasteiger partial charge >= 0.3 is 5.97 Å². The second kappa shape index (κ2) is 15.6. The summed E-state index contributed by atoms with van der Waals surface area (Å²) in [7, 11) is 3.90. The molecule has 1 aliphatic heterocycles. The van der Waals surface area contributed by atoms with Crippen molar-refractivity contribution in [1.29, 1.82) is 0 Å². The number of carbonyl (C=O) groups is 2. The zero-order chi connectivity index (χ0) is 34.5. The maximum Gasteiger partial charge on any atom is 0.305 e. The molecule has 3 aromatic rings. The number of carboxylic acids is 1. The molecule has 9 heteroatoms. The minimum atomic E-state index is -1.19. The maximum absolute atomic E-state index is 16.5. The standard InChI is InChI=1S/C39H49F2N3O4/c1-24-17-25(2)36-28(18-24)12-8-6-5-7-9-13-34(44-23-26(11-10-16-43(3)4)19-32(40)39(44)48)38(47)42-33(22-35(45)46)31-21-29(36)20-30(37(31)41)27-14-15-27/h17-21,23,27,33-34H,5-16,22H2,1-4H3,(H,42,47)(H,45,46)/t33-,34-/m0/s1. The van der Waals surface area contributed by atoms with Gasteiger partial charge in [0.05, 0.1) is 12.5 Å². The van der Waals surface area contributed by atoms with Gasteiger partial charge in [-0.2, -0.15) is 0 Å². The number of amides is 1. The van der Waals surface area contributed by atoms with Crippen LogP contribution < -0.4 is 10.9 Å². The van der Waals surface area contributed by atoms with E-state index < -0.39 is 47.6 Å². The van der Waals surface area contributed by atoms with Gasteiger partial charge in [0.1, 0.15) is 11.9 Å². The molecule has 0 saturated heterocycles. The van der Waals surface area contributed by atoms with Crippen molar-refractivity contribution in [3.8, 4) is 11.1 Å². The zero-order valence-corrected chi connectivity index (χ0v) is 28.7. The fourth-order valence-electron chi connectivity index (χ4n) is 7.28. The van der Waals surface area contributed by atoms with Crippen LogP contribution in [0.25, 0.3) is 11.1 Å². The second-order valence-corrected chi connectivity index (χ2v) is 14.2. The lowest BCUT2D eigenvalue weighted by molar-refractivity contribution is -0.138. The zero-order valence-electron chi connectivity index (χ0n) is 28.7. The topological polar surface area (TPSA) is 91.6 Å². The molecule has 0 radical (unpaired) electrons. The van der Waals surface area contributed by atoms with Crippen molar-refractivity contribution in [2.75, 3.05) is 20.6 Å². The molecule has 1 amide bonds. The Morgan fingerprint density at radius 3 is 2.38 bits per heavy atom. The van der Waals surface area contributed by atoms with Crippen molar-refractivity contribution in [3.63, 3.8) is 0 Å². The first-order chi connectivity index (χ1) is 22.9. The molecule has 48 heavy (non-hydrogen) atoms. The molecule has 2 aliphatic rings. The summed E-state index contributed by atoms with van der Waals surface area (Å²) in [6.07, 6.45) is 9.42. The normalized spacial score (nSPS) is 19.2. The van der Waals surface area contributed by atoms with Crippen molar-refractivity contribution in [3.05, 3.63) is 91.9 Å². The fourth-order valence-corrected chi connectivity index (χ4v) is 7.28. The molecule has 1 saturated carbocycles. The molecular weight excluding hydrogens is 612 g/mol. The minimum absolute atomic E-state index is 0.0363. The van der Waals surface area contributed by atoms with Crippen molar-refractivity contribution in [1.82, 2.24) is 14.8 Å². The third-order valence-electron chi connectivity index (χ3n) is 9.76. The van der Waals surface area contributed by atoms with Crippen LogP contribution in [0.2, 0.25) is 0 Å². The molecule has 2 atom stereocenters. The van der Waals surface area contributed by atoms with E-state index in [-0.39, 0.29) is 17.9 Å². The Morgan fingerprint density at radius 2 is 1.67 bits per heavy atom. The monoisotopic (exact) mass is 661 g/mol. The van der Waals surface area contributed by atoms with Crippen LogP contribution in [0.5, 0.6) is 0 Å². The average Bonchev–Trinajstić information content (AvgIpc) is 3.85. The van der Waals surface area contributed by atoms with E-state index in [1.165, 1.54) is 16.2 Å². The molecular formula is C39H49F2N3O4. The molecule has 2 aromatic carbocycles. The van der Waals surface area contributed by atoms with Gasteiger partial charge in [0, 0.05) is 11.8 Å². The smallest absolute Gasteiger partial charge is 0.305 e. The van der Waals surface area contributed by atoms with Crippen LogP contribution in [0.15, 0.2) is 41.3 Å². The number of aryl methyl sites for hydroxylation is 4. The predicted octanol–water partition coefficient (Wildman–Crippen LogP) is 7.55. The number of carboxylic acid groups (broad SMARTS) is 1. The third kappa shape index (κ3) is 8.59. The van der Waals surface area contributed by atoms with Crippen LogP contribution in [0.4, 0.5) is 8.78 Å². The van der Waals surface area contributed by atoms with Crippen LogP contribution in [-0.2, 0) is 22.4 Å². The van der Waals surface area contributed by atoms with E-state index >= 15 is 8.78 Å². The highest BCUT2D eigenvalue weighted by atomic mass is 19.1. The van der Waals surface area contributed by atoms with E-state index in [1.807, 2.05) is 25.1 Å². The number of hydrogen-bond donors (Lipinski definition) is 2. The number of aliphatic carboxylic acids is 1. The molecule has 0 spiro atoms. The molecule has 2 bridgehead atoms. The van der Waals surface area contributed by atoms with E-state index in [1.54, 1.807) is 12.3 Å². The summed E-state index contributed by atoms with van der Waals surface area (Å²) < 4.78 is 32.7. The summed E-state index contributed by atoms with van der Waals surface area (Å²) in [5.74, 6) is -3.21. The lowest BCUT2D eigenvalue weighted by atomic mass is 9.86. The van der Waals surface area contributed by atoms with Gasteiger partial charge < -0.3 is 19.9 Å². The first kappa shape index (κ1) is 35.5. The summed E-state index contributed by atoms with van der Waals surface area (Å²) in [6, 6.07) is 6.88. The van der Waals surface area contributed by atoms with E-state index in [0.717, 1.165) is 80.2 Å². The predicted molar refractivity (Wildman–Crippen MR) is 184 cm³/mol. The first-order valence-electron chi connectivity index (χ1n) is 17.4. The summed E-state index contributed by atoms with van der Waals surface area (Å²) in [6.45, 7) is 4.90. The summed E-state index contributed by atoms with van der Waals surface area (Å²) in [4.78, 5) is 41.6. The number of aromatic nitrogens is 1. The van der Waals surface area contributed by atoms with Crippen LogP contribution in [0, 0.1) is 25.5 Å². The number of rotatable bonds is 8.